The van der Waals surface area contributed by atoms with E-state index in [0.29, 0.717) is 11.4 Å². The van der Waals surface area contributed by atoms with Crippen molar-refractivity contribution in [1.29, 1.82) is 0 Å². The smallest absolute Gasteiger partial charge is 0.273 e. The molecule has 156 valence electrons. The molecule has 1 N–H and O–H groups in total. The number of likely N-dealkylation sites (tertiary alicyclic amines) is 1. The lowest BCUT2D eigenvalue weighted by Gasteiger charge is -2.32. The molecule has 30 heavy (non-hydrogen) atoms. The van der Waals surface area contributed by atoms with Crippen LogP contribution < -0.4 is 5.32 Å². The Morgan fingerprint density at radius 2 is 1.63 bits per heavy atom. The first-order valence-electron chi connectivity index (χ1n) is 9.95. The van der Waals surface area contributed by atoms with Crippen molar-refractivity contribution in [2.45, 2.75) is 32.4 Å². The Labute approximate surface area is 173 Å². The predicted octanol–water partition coefficient (Wildman–Crippen LogP) is 3.25. The van der Waals surface area contributed by atoms with Gasteiger partial charge in [-0.25, -0.2) is 13.5 Å². The number of halogens is 2. The minimum Gasteiger partial charge on any atom is -0.348 e. The van der Waals surface area contributed by atoms with Crippen LogP contribution in [0.2, 0.25) is 0 Å². The van der Waals surface area contributed by atoms with E-state index in [1.807, 2.05) is 0 Å². The summed E-state index contributed by atoms with van der Waals surface area (Å²) in [6.45, 7) is 4.24. The van der Waals surface area contributed by atoms with Crippen molar-refractivity contribution >= 4 is 5.91 Å². The van der Waals surface area contributed by atoms with Gasteiger partial charge in [-0.05, 0) is 61.7 Å². The average Bonchev–Trinajstić information content (AvgIpc) is 3.13. The Hall–Kier alpha value is -3.13. The van der Waals surface area contributed by atoms with E-state index in [4.69, 9.17) is 0 Å². The normalized spacial score (nSPS) is 15.3. The number of rotatable bonds is 5. The van der Waals surface area contributed by atoms with E-state index in [9.17, 15) is 13.6 Å². The minimum atomic E-state index is -0.333. The largest absolute Gasteiger partial charge is 0.348 e. The SMILES string of the molecule is Cc1c(C(=O)NC2CCN(Cc3ccc(F)cc3)CC2)nnn1-c1ccc(F)cc1. The van der Waals surface area contributed by atoms with E-state index in [2.05, 4.69) is 20.5 Å². The topological polar surface area (TPSA) is 63.1 Å². The summed E-state index contributed by atoms with van der Waals surface area (Å²) >= 11 is 0. The van der Waals surface area contributed by atoms with E-state index < -0.39 is 0 Å². The van der Waals surface area contributed by atoms with Gasteiger partial charge in [0.05, 0.1) is 11.4 Å². The maximum atomic E-state index is 13.1. The molecule has 0 radical (unpaired) electrons. The van der Waals surface area contributed by atoms with Gasteiger partial charge < -0.3 is 5.32 Å². The molecule has 6 nitrogen and oxygen atoms in total. The molecule has 4 rings (SSSR count). The van der Waals surface area contributed by atoms with Crippen molar-refractivity contribution in [3.05, 3.63) is 77.1 Å². The van der Waals surface area contributed by atoms with Gasteiger partial charge in [-0.2, -0.15) is 0 Å². The molecule has 1 aliphatic heterocycles. The van der Waals surface area contributed by atoms with Crippen LogP contribution in [0, 0.1) is 18.6 Å². The number of piperidine rings is 1. The van der Waals surface area contributed by atoms with Gasteiger partial charge in [0.1, 0.15) is 11.6 Å². The van der Waals surface area contributed by atoms with Gasteiger partial charge >= 0.3 is 0 Å². The zero-order valence-electron chi connectivity index (χ0n) is 16.7. The Kier molecular flexibility index (Phi) is 5.85. The first kappa shape index (κ1) is 20.2. The Morgan fingerprint density at radius 1 is 1.03 bits per heavy atom. The number of aromatic nitrogens is 3. The van der Waals surface area contributed by atoms with Crippen LogP contribution in [-0.4, -0.2) is 44.9 Å². The van der Waals surface area contributed by atoms with Gasteiger partial charge in [0.2, 0.25) is 0 Å². The molecule has 0 spiro atoms. The fraction of sp³-hybridized carbons (Fsp3) is 0.318. The highest BCUT2D eigenvalue weighted by atomic mass is 19.1. The Morgan fingerprint density at radius 3 is 2.27 bits per heavy atom. The van der Waals surface area contributed by atoms with Gasteiger partial charge in [0.15, 0.2) is 5.69 Å². The summed E-state index contributed by atoms with van der Waals surface area (Å²) in [4.78, 5) is 15.0. The molecule has 1 aliphatic rings. The number of carbonyl (C=O) groups is 1. The average molecular weight is 411 g/mol. The summed E-state index contributed by atoms with van der Waals surface area (Å²) in [5.41, 5.74) is 2.60. The van der Waals surface area contributed by atoms with E-state index >= 15 is 0 Å². The third-order valence-corrected chi connectivity index (χ3v) is 5.42. The number of nitrogens with zero attached hydrogens (tertiary/aromatic N) is 4. The molecule has 1 saturated heterocycles. The molecule has 0 aliphatic carbocycles. The van der Waals surface area contributed by atoms with Gasteiger partial charge in [0.25, 0.3) is 5.91 Å². The highest BCUT2D eigenvalue weighted by Gasteiger charge is 2.24. The number of hydrogen-bond donors (Lipinski definition) is 1. The van der Waals surface area contributed by atoms with Crippen molar-refractivity contribution in [3.8, 4) is 5.69 Å². The third-order valence-electron chi connectivity index (χ3n) is 5.42. The summed E-state index contributed by atoms with van der Waals surface area (Å²) in [6.07, 6.45) is 1.66. The second-order valence-corrected chi connectivity index (χ2v) is 7.56. The van der Waals surface area contributed by atoms with Crippen LogP contribution in [0.25, 0.3) is 5.69 Å². The molecule has 3 aromatic rings. The quantitative estimate of drug-likeness (QED) is 0.700. The standard InChI is InChI=1S/C22H23F2N5O/c1-15-21(26-27-29(15)20-8-6-18(24)7-9-20)22(30)25-19-10-12-28(13-11-19)14-16-2-4-17(23)5-3-16/h2-9,19H,10-14H2,1H3,(H,25,30). The molecular formula is C22H23F2N5O. The molecule has 0 bridgehead atoms. The summed E-state index contributed by atoms with van der Waals surface area (Å²) in [5, 5.41) is 11.1. The van der Waals surface area contributed by atoms with Gasteiger partial charge in [0, 0.05) is 25.7 Å². The van der Waals surface area contributed by atoms with Crippen LogP contribution in [0.15, 0.2) is 48.5 Å². The van der Waals surface area contributed by atoms with Gasteiger partial charge in [-0.1, -0.05) is 17.3 Å². The highest BCUT2D eigenvalue weighted by Crippen LogP contribution is 2.16. The zero-order chi connectivity index (χ0) is 21.1. The zero-order valence-corrected chi connectivity index (χ0v) is 16.7. The van der Waals surface area contributed by atoms with Crippen molar-refractivity contribution in [1.82, 2.24) is 25.2 Å². The number of hydrogen-bond acceptors (Lipinski definition) is 4. The molecule has 1 fully saturated rings. The molecule has 0 saturated carbocycles. The molecule has 2 heterocycles. The van der Waals surface area contributed by atoms with Gasteiger partial charge in [-0.3, -0.25) is 9.69 Å². The highest BCUT2D eigenvalue weighted by molar-refractivity contribution is 5.93. The van der Waals surface area contributed by atoms with Crippen LogP contribution in [-0.2, 0) is 6.54 Å². The molecule has 8 heteroatoms. The minimum absolute atomic E-state index is 0.0670. The molecule has 0 atom stereocenters. The fourth-order valence-corrected chi connectivity index (χ4v) is 3.70. The van der Waals surface area contributed by atoms with Crippen molar-refractivity contribution in [2.75, 3.05) is 13.1 Å². The molecular weight excluding hydrogens is 388 g/mol. The number of nitrogens with one attached hydrogen (secondary N) is 1. The van der Waals surface area contributed by atoms with Crippen LogP contribution in [0.4, 0.5) is 8.78 Å². The maximum Gasteiger partial charge on any atom is 0.273 e. The van der Waals surface area contributed by atoms with E-state index in [-0.39, 0.29) is 29.3 Å². The second-order valence-electron chi connectivity index (χ2n) is 7.56. The number of benzene rings is 2. The first-order chi connectivity index (χ1) is 14.5. The number of carbonyl (C=O) groups excluding carboxylic acids is 1. The summed E-state index contributed by atoms with van der Waals surface area (Å²) in [6, 6.07) is 12.5. The second kappa shape index (κ2) is 8.71. The van der Waals surface area contributed by atoms with Crippen molar-refractivity contribution in [2.24, 2.45) is 0 Å². The lowest BCUT2D eigenvalue weighted by atomic mass is 10.0. The van der Waals surface area contributed by atoms with Crippen molar-refractivity contribution < 1.29 is 13.6 Å². The molecule has 1 amide bonds. The lowest BCUT2D eigenvalue weighted by molar-refractivity contribution is 0.0903. The molecule has 0 unspecified atom stereocenters. The predicted molar refractivity (Wildman–Crippen MR) is 108 cm³/mol. The van der Waals surface area contributed by atoms with Crippen LogP contribution in [0.5, 0.6) is 0 Å². The molecule has 1 aromatic heterocycles. The third kappa shape index (κ3) is 4.54. The first-order valence-corrected chi connectivity index (χ1v) is 9.95. The summed E-state index contributed by atoms with van der Waals surface area (Å²) < 4.78 is 27.7. The number of amides is 1. The van der Waals surface area contributed by atoms with E-state index in [1.54, 1.807) is 31.2 Å². The van der Waals surface area contributed by atoms with Crippen molar-refractivity contribution in [3.63, 3.8) is 0 Å². The molecule has 2 aromatic carbocycles. The Bertz CT molecular complexity index is 1010. The fourth-order valence-electron chi connectivity index (χ4n) is 3.70. The monoisotopic (exact) mass is 411 g/mol. The summed E-state index contributed by atoms with van der Waals surface area (Å²) in [7, 11) is 0. The Balaban J connectivity index is 1.33. The van der Waals surface area contributed by atoms with Gasteiger partial charge in [-0.15, -0.1) is 5.10 Å². The van der Waals surface area contributed by atoms with Crippen LogP contribution in [0.1, 0.15) is 34.6 Å². The van der Waals surface area contributed by atoms with Crippen LogP contribution in [0.3, 0.4) is 0 Å². The van der Waals surface area contributed by atoms with Crippen LogP contribution >= 0.6 is 0 Å². The maximum absolute atomic E-state index is 13.1. The van der Waals surface area contributed by atoms with E-state index in [0.717, 1.165) is 38.0 Å². The van der Waals surface area contributed by atoms with E-state index in [1.165, 1.54) is 28.9 Å². The lowest BCUT2D eigenvalue weighted by Crippen LogP contribution is -2.44. The summed E-state index contributed by atoms with van der Waals surface area (Å²) in [5.74, 6) is -0.815.